The highest BCUT2D eigenvalue weighted by molar-refractivity contribution is 6.32. The average molecular weight is 296 g/mol. The standard InChI is InChI=1S/C11H10ClN5O3/c1-14-9-5-10(16-11(13)15-9)20-8-4-6(17(18)19)2-3-7(8)12/h2-5H,1H3,(H3,13,14,15,16). The number of anilines is 2. The maximum absolute atomic E-state index is 10.7. The van der Waals surface area contributed by atoms with Gasteiger partial charge in [-0.1, -0.05) is 11.6 Å². The molecule has 0 bridgehead atoms. The van der Waals surface area contributed by atoms with E-state index in [-0.39, 0.29) is 28.3 Å². The lowest BCUT2D eigenvalue weighted by atomic mass is 10.3. The first-order valence-electron chi connectivity index (χ1n) is 5.43. The lowest BCUT2D eigenvalue weighted by Gasteiger charge is -2.08. The van der Waals surface area contributed by atoms with E-state index in [0.29, 0.717) is 5.82 Å². The Morgan fingerprint density at radius 1 is 1.40 bits per heavy atom. The number of nitrogens with zero attached hydrogens (tertiary/aromatic N) is 3. The summed E-state index contributed by atoms with van der Waals surface area (Å²) < 4.78 is 5.42. The van der Waals surface area contributed by atoms with Crippen LogP contribution in [0.5, 0.6) is 11.6 Å². The SMILES string of the molecule is CNc1cc(Oc2cc([N+](=O)[O-])ccc2Cl)nc(N)n1. The van der Waals surface area contributed by atoms with E-state index in [1.54, 1.807) is 7.05 Å². The summed E-state index contributed by atoms with van der Waals surface area (Å²) >= 11 is 5.93. The van der Waals surface area contributed by atoms with E-state index < -0.39 is 4.92 Å². The summed E-state index contributed by atoms with van der Waals surface area (Å²) in [4.78, 5) is 17.9. The topological polar surface area (TPSA) is 116 Å². The van der Waals surface area contributed by atoms with Gasteiger partial charge in [0.05, 0.1) is 16.0 Å². The molecule has 20 heavy (non-hydrogen) atoms. The van der Waals surface area contributed by atoms with E-state index in [9.17, 15) is 10.1 Å². The average Bonchev–Trinajstić information content (AvgIpc) is 2.40. The molecule has 0 aliphatic carbocycles. The molecule has 0 spiro atoms. The number of halogens is 1. The number of aromatic nitrogens is 2. The van der Waals surface area contributed by atoms with Crippen LogP contribution in [0.1, 0.15) is 0 Å². The summed E-state index contributed by atoms with van der Waals surface area (Å²) in [5.41, 5.74) is 5.38. The van der Waals surface area contributed by atoms with Crippen molar-refractivity contribution >= 4 is 29.1 Å². The first kappa shape index (κ1) is 13.8. The van der Waals surface area contributed by atoms with Gasteiger partial charge in [-0.15, -0.1) is 0 Å². The third kappa shape index (κ3) is 3.04. The smallest absolute Gasteiger partial charge is 0.273 e. The largest absolute Gasteiger partial charge is 0.437 e. The van der Waals surface area contributed by atoms with Crippen LogP contribution < -0.4 is 15.8 Å². The lowest BCUT2D eigenvalue weighted by Crippen LogP contribution is -2.01. The fourth-order valence-electron chi connectivity index (χ4n) is 1.42. The predicted octanol–water partition coefficient (Wildman–Crippen LogP) is 2.45. The van der Waals surface area contributed by atoms with E-state index >= 15 is 0 Å². The molecule has 0 radical (unpaired) electrons. The number of nitro groups is 1. The zero-order valence-corrected chi connectivity index (χ0v) is 11.1. The van der Waals surface area contributed by atoms with Crippen molar-refractivity contribution in [2.75, 3.05) is 18.1 Å². The van der Waals surface area contributed by atoms with Gasteiger partial charge in [0.25, 0.3) is 5.69 Å². The monoisotopic (exact) mass is 295 g/mol. The van der Waals surface area contributed by atoms with Crippen LogP contribution in [0.25, 0.3) is 0 Å². The minimum Gasteiger partial charge on any atom is -0.437 e. The number of ether oxygens (including phenoxy) is 1. The molecule has 1 aromatic carbocycles. The van der Waals surface area contributed by atoms with Gasteiger partial charge >= 0.3 is 0 Å². The molecule has 2 rings (SSSR count). The number of non-ortho nitro benzene ring substituents is 1. The van der Waals surface area contributed by atoms with Gasteiger partial charge in [0.15, 0.2) is 5.75 Å². The molecule has 104 valence electrons. The number of nitrogen functional groups attached to an aromatic ring is 1. The molecule has 0 aliphatic heterocycles. The number of nitrogens with one attached hydrogen (secondary N) is 1. The molecule has 0 saturated carbocycles. The number of nitro benzene ring substituents is 1. The summed E-state index contributed by atoms with van der Waals surface area (Å²) in [6.07, 6.45) is 0. The van der Waals surface area contributed by atoms with Crippen LogP contribution in [0.15, 0.2) is 24.3 Å². The Morgan fingerprint density at radius 2 is 2.15 bits per heavy atom. The number of hydrogen-bond acceptors (Lipinski definition) is 7. The van der Waals surface area contributed by atoms with Gasteiger partial charge in [0.2, 0.25) is 11.8 Å². The second kappa shape index (κ2) is 5.57. The van der Waals surface area contributed by atoms with Gasteiger partial charge in [-0.05, 0) is 6.07 Å². The Morgan fingerprint density at radius 3 is 2.80 bits per heavy atom. The second-order valence-corrected chi connectivity index (χ2v) is 4.08. The number of rotatable bonds is 4. The Kier molecular flexibility index (Phi) is 3.85. The van der Waals surface area contributed by atoms with Crippen molar-refractivity contribution in [2.24, 2.45) is 0 Å². The van der Waals surface area contributed by atoms with E-state index in [0.717, 1.165) is 0 Å². The van der Waals surface area contributed by atoms with Gasteiger partial charge in [-0.25, -0.2) is 0 Å². The molecule has 0 fully saturated rings. The van der Waals surface area contributed by atoms with Crippen molar-refractivity contribution in [1.29, 1.82) is 0 Å². The summed E-state index contributed by atoms with van der Waals surface area (Å²) in [5, 5.41) is 13.7. The summed E-state index contributed by atoms with van der Waals surface area (Å²) in [5.74, 6) is 0.702. The van der Waals surface area contributed by atoms with Crippen molar-refractivity contribution in [3.05, 3.63) is 39.4 Å². The molecule has 2 aromatic rings. The second-order valence-electron chi connectivity index (χ2n) is 3.67. The van der Waals surface area contributed by atoms with E-state index in [2.05, 4.69) is 15.3 Å². The molecule has 0 aliphatic rings. The maximum Gasteiger partial charge on any atom is 0.273 e. The Balaban J connectivity index is 2.36. The molecular formula is C11H10ClN5O3. The highest BCUT2D eigenvalue weighted by Gasteiger charge is 2.13. The van der Waals surface area contributed by atoms with Crippen LogP contribution in [-0.2, 0) is 0 Å². The van der Waals surface area contributed by atoms with Crippen LogP contribution in [0.4, 0.5) is 17.5 Å². The van der Waals surface area contributed by atoms with Gasteiger partial charge in [0, 0.05) is 19.2 Å². The highest BCUT2D eigenvalue weighted by atomic mass is 35.5. The minimum atomic E-state index is -0.545. The van der Waals surface area contributed by atoms with Crippen molar-refractivity contribution in [2.45, 2.75) is 0 Å². The first-order valence-corrected chi connectivity index (χ1v) is 5.81. The van der Waals surface area contributed by atoms with E-state index in [1.807, 2.05) is 0 Å². The van der Waals surface area contributed by atoms with Crippen molar-refractivity contribution in [1.82, 2.24) is 9.97 Å². The number of benzene rings is 1. The van der Waals surface area contributed by atoms with E-state index in [1.165, 1.54) is 24.3 Å². The molecule has 0 saturated heterocycles. The number of nitrogens with two attached hydrogens (primary N) is 1. The van der Waals surface area contributed by atoms with Gasteiger partial charge < -0.3 is 15.8 Å². The maximum atomic E-state index is 10.7. The lowest BCUT2D eigenvalue weighted by molar-refractivity contribution is -0.384. The molecule has 0 amide bonds. The molecule has 9 heteroatoms. The zero-order chi connectivity index (χ0) is 14.7. The third-order valence-corrected chi connectivity index (χ3v) is 2.63. The molecule has 0 atom stereocenters. The Labute approximate surface area is 118 Å². The third-order valence-electron chi connectivity index (χ3n) is 2.32. The van der Waals surface area contributed by atoms with Gasteiger partial charge in [0.1, 0.15) is 5.82 Å². The Hall–Kier alpha value is -2.61. The summed E-state index contributed by atoms with van der Waals surface area (Å²) in [6.45, 7) is 0. The minimum absolute atomic E-state index is 0.00778. The predicted molar refractivity (Wildman–Crippen MR) is 74.2 cm³/mol. The molecule has 1 heterocycles. The first-order chi connectivity index (χ1) is 9.49. The Bertz CT molecular complexity index is 665. The molecule has 0 unspecified atom stereocenters. The number of hydrogen-bond donors (Lipinski definition) is 2. The van der Waals surface area contributed by atoms with Gasteiger partial charge in [-0.3, -0.25) is 10.1 Å². The van der Waals surface area contributed by atoms with Crippen LogP contribution in [0.3, 0.4) is 0 Å². The van der Waals surface area contributed by atoms with Crippen LogP contribution in [0.2, 0.25) is 5.02 Å². The van der Waals surface area contributed by atoms with Crippen LogP contribution >= 0.6 is 11.6 Å². The zero-order valence-electron chi connectivity index (χ0n) is 10.3. The van der Waals surface area contributed by atoms with E-state index in [4.69, 9.17) is 22.1 Å². The molecule has 3 N–H and O–H groups in total. The van der Waals surface area contributed by atoms with Crippen LogP contribution in [-0.4, -0.2) is 21.9 Å². The van der Waals surface area contributed by atoms with Crippen LogP contribution in [0, 0.1) is 10.1 Å². The molecular weight excluding hydrogens is 286 g/mol. The van der Waals surface area contributed by atoms with Gasteiger partial charge in [-0.2, -0.15) is 9.97 Å². The van der Waals surface area contributed by atoms with Crippen molar-refractivity contribution in [3.8, 4) is 11.6 Å². The van der Waals surface area contributed by atoms with Crippen molar-refractivity contribution in [3.63, 3.8) is 0 Å². The summed E-state index contributed by atoms with van der Waals surface area (Å²) in [6, 6.07) is 5.35. The van der Waals surface area contributed by atoms with Crippen molar-refractivity contribution < 1.29 is 9.66 Å². The molecule has 8 nitrogen and oxygen atoms in total. The summed E-state index contributed by atoms with van der Waals surface area (Å²) in [7, 11) is 1.66. The normalized spacial score (nSPS) is 10.1. The highest BCUT2D eigenvalue weighted by Crippen LogP contribution is 2.32. The fraction of sp³-hybridized carbons (Fsp3) is 0.0909. The quantitative estimate of drug-likeness (QED) is 0.657. The fourth-order valence-corrected chi connectivity index (χ4v) is 1.58. The molecule has 1 aromatic heterocycles.